The summed E-state index contributed by atoms with van der Waals surface area (Å²) in [6, 6.07) is 1.55. The summed E-state index contributed by atoms with van der Waals surface area (Å²) in [5.41, 5.74) is -0.216. The Labute approximate surface area is 122 Å². The molecule has 2 N–H and O–H groups in total. The first-order chi connectivity index (χ1) is 9.09. The number of sulfonamides is 1. The zero-order valence-electron chi connectivity index (χ0n) is 11.4. The number of rotatable bonds is 4. The van der Waals surface area contributed by atoms with Crippen molar-refractivity contribution in [2.75, 3.05) is 6.54 Å². The van der Waals surface area contributed by atoms with E-state index in [0.717, 1.165) is 6.07 Å². The Balaban J connectivity index is 3.45. The summed E-state index contributed by atoms with van der Waals surface area (Å²) in [4.78, 5) is 13.3. The topological polar surface area (TPSA) is 80.5 Å². The Morgan fingerprint density at radius 2 is 2.00 bits per heavy atom. The maximum absolute atomic E-state index is 13.7. The van der Waals surface area contributed by atoms with Crippen LogP contribution in [-0.2, 0) is 10.0 Å². The fourth-order valence-electron chi connectivity index (χ4n) is 1.78. The van der Waals surface area contributed by atoms with Crippen LogP contribution in [0.4, 0.5) is 4.39 Å². The Morgan fingerprint density at radius 3 is 2.40 bits per heavy atom. The highest BCUT2D eigenvalue weighted by atomic mass is 35.5. The molecule has 0 aliphatic heterocycles. The van der Waals surface area contributed by atoms with E-state index in [9.17, 15) is 17.6 Å². The molecule has 20 heavy (non-hydrogen) atoms. The van der Waals surface area contributed by atoms with Gasteiger partial charge in [0.2, 0.25) is 10.0 Å². The normalized spacial score (nSPS) is 11.8. The Bertz CT molecular complexity index is 632. The van der Waals surface area contributed by atoms with Crippen LogP contribution in [0.3, 0.4) is 0 Å². The molecule has 0 fully saturated rings. The first-order valence-corrected chi connectivity index (χ1v) is 7.84. The summed E-state index contributed by atoms with van der Waals surface area (Å²) >= 11 is 5.76. The van der Waals surface area contributed by atoms with Crippen LogP contribution in [-0.4, -0.2) is 31.8 Å². The van der Waals surface area contributed by atoms with E-state index in [1.165, 1.54) is 4.90 Å². The van der Waals surface area contributed by atoms with Crippen LogP contribution in [0.5, 0.6) is 0 Å². The van der Waals surface area contributed by atoms with Crippen molar-refractivity contribution in [1.82, 2.24) is 4.90 Å². The zero-order valence-corrected chi connectivity index (χ0v) is 12.9. The number of amides is 1. The van der Waals surface area contributed by atoms with E-state index >= 15 is 0 Å². The number of nitrogens with zero attached hydrogens (tertiary/aromatic N) is 1. The predicted octanol–water partition coefficient (Wildman–Crippen LogP) is 2.00. The van der Waals surface area contributed by atoms with Crippen molar-refractivity contribution in [2.45, 2.75) is 31.7 Å². The number of hydrogen-bond donors (Lipinski definition) is 1. The van der Waals surface area contributed by atoms with Crippen LogP contribution in [0, 0.1) is 5.82 Å². The number of primary sulfonamides is 1. The second-order valence-electron chi connectivity index (χ2n) is 4.50. The van der Waals surface area contributed by atoms with Gasteiger partial charge in [0.15, 0.2) is 0 Å². The molecule has 1 rings (SSSR count). The molecule has 1 aromatic rings. The molecule has 0 atom stereocenters. The molecule has 0 aromatic heterocycles. The average Bonchev–Trinajstić information content (AvgIpc) is 2.31. The minimum Gasteiger partial charge on any atom is -0.336 e. The quantitative estimate of drug-likeness (QED) is 0.920. The van der Waals surface area contributed by atoms with Crippen molar-refractivity contribution in [3.8, 4) is 0 Å². The lowest BCUT2D eigenvalue weighted by Crippen LogP contribution is -2.37. The minimum atomic E-state index is -4.12. The molecule has 1 aromatic carbocycles. The second-order valence-corrected chi connectivity index (χ2v) is 6.44. The number of carbonyl (C=O) groups is 1. The highest BCUT2D eigenvalue weighted by Crippen LogP contribution is 2.25. The van der Waals surface area contributed by atoms with Crippen molar-refractivity contribution in [2.24, 2.45) is 5.14 Å². The van der Waals surface area contributed by atoms with Gasteiger partial charge in [-0.25, -0.2) is 17.9 Å². The SMILES string of the molecule is CCN(C(=O)c1cc(S(N)(=O)=O)cc(F)c1Cl)C(C)C. The fraction of sp³-hybridized carbons (Fsp3) is 0.417. The van der Waals surface area contributed by atoms with E-state index in [4.69, 9.17) is 16.7 Å². The molecule has 112 valence electrons. The molecule has 0 bridgehead atoms. The molecule has 0 unspecified atom stereocenters. The highest BCUT2D eigenvalue weighted by molar-refractivity contribution is 7.89. The predicted molar refractivity (Wildman–Crippen MR) is 74.6 cm³/mol. The Morgan fingerprint density at radius 1 is 1.45 bits per heavy atom. The van der Waals surface area contributed by atoms with Crippen molar-refractivity contribution >= 4 is 27.5 Å². The Hall–Kier alpha value is -1.18. The fourth-order valence-corrected chi connectivity index (χ4v) is 2.52. The lowest BCUT2D eigenvalue weighted by Gasteiger charge is -2.25. The molecule has 0 aliphatic carbocycles. The van der Waals surface area contributed by atoms with Crippen molar-refractivity contribution in [3.63, 3.8) is 0 Å². The third kappa shape index (κ3) is 3.47. The Kier molecular flexibility index (Phi) is 5.12. The molecular formula is C12H16ClFN2O3S. The van der Waals surface area contributed by atoms with Gasteiger partial charge in [-0.2, -0.15) is 0 Å². The summed E-state index contributed by atoms with van der Waals surface area (Å²) in [5.74, 6) is -1.54. The van der Waals surface area contributed by atoms with Crippen molar-refractivity contribution in [1.29, 1.82) is 0 Å². The van der Waals surface area contributed by atoms with Gasteiger partial charge < -0.3 is 4.90 Å². The van der Waals surface area contributed by atoms with Gasteiger partial charge in [0, 0.05) is 12.6 Å². The van der Waals surface area contributed by atoms with Gasteiger partial charge in [-0.3, -0.25) is 4.79 Å². The highest BCUT2D eigenvalue weighted by Gasteiger charge is 2.24. The van der Waals surface area contributed by atoms with Crippen molar-refractivity contribution < 1.29 is 17.6 Å². The van der Waals surface area contributed by atoms with Gasteiger partial charge in [0.1, 0.15) is 5.82 Å². The number of halogens is 2. The first-order valence-electron chi connectivity index (χ1n) is 5.92. The van der Waals surface area contributed by atoms with Crippen molar-refractivity contribution in [3.05, 3.63) is 28.5 Å². The molecule has 5 nitrogen and oxygen atoms in total. The van der Waals surface area contributed by atoms with Gasteiger partial charge in [0.05, 0.1) is 15.5 Å². The van der Waals surface area contributed by atoms with Crippen LogP contribution in [0.1, 0.15) is 31.1 Å². The summed E-state index contributed by atoms with van der Waals surface area (Å²) in [6.45, 7) is 5.71. The lowest BCUT2D eigenvalue weighted by molar-refractivity contribution is 0.0716. The largest absolute Gasteiger partial charge is 0.336 e. The zero-order chi connectivity index (χ0) is 15.7. The van der Waals surface area contributed by atoms with Crippen LogP contribution >= 0.6 is 11.6 Å². The average molecular weight is 323 g/mol. The van der Waals surface area contributed by atoms with E-state index in [-0.39, 0.29) is 11.6 Å². The maximum Gasteiger partial charge on any atom is 0.255 e. The second kappa shape index (κ2) is 6.07. The first kappa shape index (κ1) is 16.9. The molecular weight excluding hydrogens is 307 g/mol. The van der Waals surface area contributed by atoms with Crippen LogP contribution in [0.25, 0.3) is 0 Å². The smallest absolute Gasteiger partial charge is 0.255 e. The van der Waals surface area contributed by atoms with E-state index < -0.39 is 31.7 Å². The van der Waals surface area contributed by atoms with Gasteiger partial charge in [-0.1, -0.05) is 11.6 Å². The van der Waals surface area contributed by atoms with Gasteiger partial charge >= 0.3 is 0 Å². The molecule has 0 radical (unpaired) electrons. The summed E-state index contributed by atoms with van der Waals surface area (Å²) in [5, 5.41) is 4.54. The molecule has 0 heterocycles. The lowest BCUT2D eigenvalue weighted by atomic mass is 10.1. The van der Waals surface area contributed by atoms with Crippen LogP contribution in [0.2, 0.25) is 5.02 Å². The van der Waals surface area contributed by atoms with E-state index in [1.807, 2.05) is 0 Å². The number of carbonyl (C=O) groups excluding carboxylic acids is 1. The summed E-state index contributed by atoms with van der Waals surface area (Å²) < 4.78 is 36.3. The summed E-state index contributed by atoms with van der Waals surface area (Å²) in [7, 11) is -4.12. The molecule has 0 saturated carbocycles. The molecule has 0 aliphatic rings. The minimum absolute atomic E-state index is 0.134. The molecule has 0 spiro atoms. The monoisotopic (exact) mass is 322 g/mol. The van der Waals surface area contributed by atoms with Gasteiger partial charge in [-0.15, -0.1) is 0 Å². The maximum atomic E-state index is 13.7. The van der Waals surface area contributed by atoms with E-state index in [2.05, 4.69) is 0 Å². The molecule has 1 amide bonds. The van der Waals surface area contributed by atoms with Crippen LogP contribution in [0.15, 0.2) is 17.0 Å². The standard InChI is InChI=1S/C12H16ClFN2O3S/c1-4-16(7(2)3)12(17)9-5-8(20(15,18)19)6-10(14)11(9)13/h5-7H,4H2,1-3H3,(H2,15,18,19). The third-order valence-corrected chi connectivity index (χ3v) is 4.06. The molecule has 0 saturated heterocycles. The number of nitrogens with two attached hydrogens (primary N) is 1. The van der Waals surface area contributed by atoms with Gasteiger partial charge in [-0.05, 0) is 32.9 Å². The third-order valence-electron chi connectivity index (χ3n) is 2.79. The number of benzene rings is 1. The summed E-state index contributed by atoms with van der Waals surface area (Å²) in [6.07, 6.45) is 0. The van der Waals surface area contributed by atoms with E-state index in [1.54, 1.807) is 20.8 Å². The van der Waals surface area contributed by atoms with E-state index in [0.29, 0.717) is 12.6 Å². The van der Waals surface area contributed by atoms with Gasteiger partial charge in [0.25, 0.3) is 5.91 Å². The molecule has 8 heteroatoms. The van der Waals surface area contributed by atoms with Crippen LogP contribution < -0.4 is 5.14 Å². The number of hydrogen-bond acceptors (Lipinski definition) is 3.